The Kier molecular flexibility index (Phi) is 3.98. The van der Waals surface area contributed by atoms with Crippen LogP contribution in [0, 0.1) is 0 Å². The standard InChI is InChI=1S/C9H19NO2/c1-7(6-11-3)10-9-4-5-12-8(9)2/h7-10H,4-6H2,1-3H3. The number of hydrogen-bond acceptors (Lipinski definition) is 3. The van der Waals surface area contributed by atoms with Crippen LogP contribution in [-0.4, -0.2) is 38.5 Å². The number of rotatable bonds is 4. The SMILES string of the molecule is COCC(C)NC1CCOC1C. The van der Waals surface area contributed by atoms with Crippen LogP contribution in [-0.2, 0) is 9.47 Å². The molecule has 0 aromatic heterocycles. The van der Waals surface area contributed by atoms with Crippen LogP contribution < -0.4 is 5.32 Å². The zero-order chi connectivity index (χ0) is 8.97. The summed E-state index contributed by atoms with van der Waals surface area (Å²) in [5, 5.41) is 3.48. The van der Waals surface area contributed by atoms with Gasteiger partial charge in [0, 0.05) is 25.8 Å². The van der Waals surface area contributed by atoms with Crippen LogP contribution in [0.25, 0.3) is 0 Å². The minimum atomic E-state index is 0.351. The molecular weight excluding hydrogens is 154 g/mol. The van der Waals surface area contributed by atoms with Gasteiger partial charge in [0.1, 0.15) is 0 Å². The van der Waals surface area contributed by atoms with Crippen molar-refractivity contribution in [1.82, 2.24) is 5.32 Å². The molecule has 0 spiro atoms. The molecule has 0 saturated carbocycles. The van der Waals surface area contributed by atoms with Crippen LogP contribution in [0.3, 0.4) is 0 Å². The lowest BCUT2D eigenvalue weighted by atomic mass is 10.1. The third-order valence-corrected chi connectivity index (χ3v) is 2.29. The second kappa shape index (κ2) is 4.80. The first kappa shape index (κ1) is 9.96. The molecule has 1 aliphatic rings. The Hall–Kier alpha value is -0.120. The van der Waals surface area contributed by atoms with Gasteiger partial charge in [0.05, 0.1) is 12.7 Å². The summed E-state index contributed by atoms with van der Waals surface area (Å²) in [6.45, 7) is 5.90. The zero-order valence-electron chi connectivity index (χ0n) is 8.17. The van der Waals surface area contributed by atoms with E-state index < -0.39 is 0 Å². The van der Waals surface area contributed by atoms with Gasteiger partial charge in [-0.25, -0.2) is 0 Å². The van der Waals surface area contributed by atoms with E-state index in [2.05, 4.69) is 19.2 Å². The van der Waals surface area contributed by atoms with Crippen molar-refractivity contribution in [3.63, 3.8) is 0 Å². The fourth-order valence-electron chi connectivity index (χ4n) is 1.61. The summed E-state index contributed by atoms with van der Waals surface area (Å²) in [5.41, 5.74) is 0. The highest BCUT2D eigenvalue weighted by Gasteiger charge is 2.24. The number of hydrogen-bond donors (Lipinski definition) is 1. The summed E-state index contributed by atoms with van der Waals surface area (Å²) < 4.78 is 10.5. The van der Waals surface area contributed by atoms with E-state index in [-0.39, 0.29) is 0 Å². The molecule has 1 heterocycles. The van der Waals surface area contributed by atoms with Gasteiger partial charge in [0.15, 0.2) is 0 Å². The van der Waals surface area contributed by atoms with Gasteiger partial charge >= 0.3 is 0 Å². The molecule has 1 fully saturated rings. The maximum Gasteiger partial charge on any atom is 0.0700 e. The van der Waals surface area contributed by atoms with Gasteiger partial charge in [-0.2, -0.15) is 0 Å². The Bertz CT molecular complexity index is 130. The van der Waals surface area contributed by atoms with Gasteiger partial charge < -0.3 is 14.8 Å². The van der Waals surface area contributed by atoms with Crippen molar-refractivity contribution in [2.45, 2.75) is 38.5 Å². The Morgan fingerprint density at radius 2 is 2.42 bits per heavy atom. The average Bonchev–Trinajstić information content (AvgIpc) is 2.37. The summed E-state index contributed by atoms with van der Waals surface area (Å²) in [5.74, 6) is 0. The maximum atomic E-state index is 5.44. The molecule has 0 aromatic rings. The Labute approximate surface area is 74.4 Å². The molecule has 1 aliphatic heterocycles. The van der Waals surface area contributed by atoms with Crippen LogP contribution in [0.15, 0.2) is 0 Å². The lowest BCUT2D eigenvalue weighted by molar-refractivity contribution is 0.105. The Morgan fingerprint density at radius 3 is 2.92 bits per heavy atom. The fraction of sp³-hybridized carbons (Fsp3) is 1.00. The molecule has 0 aliphatic carbocycles. The van der Waals surface area contributed by atoms with Crippen molar-refractivity contribution in [3.05, 3.63) is 0 Å². The highest BCUT2D eigenvalue weighted by Crippen LogP contribution is 2.12. The van der Waals surface area contributed by atoms with Gasteiger partial charge in [0.25, 0.3) is 0 Å². The Balaban J connectivity index is 2.20. The van der Waals surface area contributed by atoms with Crippen molar-refractivity contribution >= 4 is 0 Å². The molecule has 3 heteroatoms. The minimum absolute atomic E-state index is 0.351. The topological polar surface area (TPSA) is 30.5 Å². The fourth-order valence-corrected chi connectivity index (χ4v) is 1.61. The summed E-state index contributed by atoms with van der Waals surface area (Å²) in [7, 11) is 1.73. The molecule has 12 heavy (non-hydrogen) atoms. The van der Waals surface area contributed by atoms with E-state index in [4.69, 9.17) is 9.47 Å². The van der Waals surface area contributed by atoms with E-state index >= 15 is 0 Å². The van der Waals surface area contributed by atoms with Crippen molar-refractivity contribution in [2.24, 2.45) is 0 Å². The molecule has 0 bridgehead atoms. The smallest absolute Gasteiger partial charge is 0.0700 e. The lowest BCUT2D eigenvalue weighted by Crippen LogP contribution is -2.42. The van der Waals surface area contributed by atoms with Crippen molar-refractivity contribution in [2.75, 3.05) is 20.3 Å². The summed E-state index contributed by atoms with van der Waals surface area (Å²) >= 11 is 0. The highest BCUT2D eigenvalue weighted by atomic mass is 16.5. The molecular formula is C9H19NO2. The molecule has 1 rings (SSSR count). The quantitative estimate of drug-likeness (QED) is 0.681. The van der Waals surface area contributed by atoms with Crippen LogP contribution in [0.4, 0.5) is 0 Å². The number of ether oxygens (including phenoxy) is 2. The third-order valence-electron chi connectivity index (χ3n) is 2.29. The number of nitrogens with one attached hydrogen (secondary N) is 1. The van der Waals surface area contributed by atoms with Crippen molar-refractivity contribution in [1.29, 1.82) is 0 Å². The molecule has 0 amide bonds. The Morgan fingerprint density at radius 1 is 1.67 bits per heavy atom. The largest absolute Gasteiger partial charge is 0.383 e. The molecule has 0 aromatic carbocycles. The second-order valence-corrected chi connectivity index (χ2v) is 3.49. The predicted molar refractivity (Wildman–Crippen MR) is 48.3 cm³/mol. The first-order chi connectivity index (χ1) is 5.74. The monoisotopic (exact) mass is 173 g/mol. The van der Waals surface area contributed by atoms with E-state index in [1.807, 2.05) is 0 Å². The summed E-state index contributed by atoms with van der Waals surface area (Å²) in [6.07, 6.45) is 1.47. The van der Waals surface area contributed by atoms with E-state index in [1.54, 1.807) is 7.11 Å². The molecule has 3 unspecified atom stereocenters. The molecule has 3 atom stereocenters. The van der Waals surface area contributed by atoms with Crippen LogP contribution >= 0.6 is 0 Å². The molecule has 1 N–H and O–H groups in total. The van der Waals surface area contributed by atoms with Gasteiger partial charge in [-0.15, -0.1) is 0 Å². The van der Waals surface area contributed by atoms with Gasteiger partial charge in [-0.1, -0.05) is 0 Å². The molecule has 3 nitrogen and oxygen atoms in total. The van der Waals surface area contributed by atoms with E-state index in [0.29, 0.717) is 18.2 Å². The zero-order valence-corrected chi connectivity index (χ0v) is 8.17. The van der Waals surface area contributed by atoms with Crippen LogP contribution in [0.2, 0.25) is 0 Å². The van der Waals surface area contributed by atoms with Crippen molar-refractivity contribution in [3.8, 4) is 0 Å². The van der Waals surface area contributed by atoms with E-state index in [9.17, 15) is 0 Å². The maximum absolute atomic E-state index is 5.44. The number of methoxy groups -OCH3 is 1. The second-order valence-electron chi connectivity index (χ2n) is 3.49. The predicted octanol–water partition coefficient (Wildman–Crippen LogP) is 0.788. The molecule has 0 radical (unpaired) electrons. The first-order valence-electron chi connectivity index (χ1n) is 4.60. The highest BCUT2D eigenvalue weighted by molar-refractivity contribution is 4.81. The molecule has 1 saturated heterocycles. The van der Waals surface area contributed by atoms with Gasteiger partial charge in [0.2, 0.25) is 0 Å². The van der Waals surface area contributed by atoms with Gasteiger partial charge in [-0.05, 0) is 20.3 Å². The van der Waals surface area contributed by atoms with Crippen LogP contribution in [0.1, 0.15) is 20.3 Å². The summed E-state index contributed by atoms with van der Waals surface area (Å²) in [6, 6.07) is 0.930. The van der Waals surface area contributed by atoms with E-state index in [1.165, 1.54) is 0 Å². The van der Waals surface area contributed by atoms with Gasteiger partial charge in [-0.3, -0.25) is 0 Å². The van der Waals surface area contributed by atoms with E-state index in [0.717, 1.165) is 19.6 Å². The third kappa shape index (κ3) is 2.73. The lowest BCUT2D eigenvalue weighted by Gasteiger charge is -2.20. The van der Waals surface area contributed by atoms with Crippen molar-refractivity contribution < 1.29 is 9.47 Å². The first-order valence-corrected chi connectivity index (χ1v) is 4.60. The normalized spacial score (nSPS) is 32.2. The average molecular weight is 173 g/mol. The van der Waals surface area contributed by atoms with Crippen LogP contribution in [0.5, 0.6) is 0 Å². The summed E-state index contributed by atoms with van der Waals surface area (Å²) in [4.78, 5) is 0. The molecule has 72 valence electrons. The minimum Gasteiger partial charge on any atom is -0.383 e.